The number of nitrogens with one attached hydrogen (secondary N) is 4. The minimum atomic E-state index is -1.58. The second-order valence-electron chi connectivity index (χ2n) is 7.51. The molecule has 0 unspecified atom stereocenters. The third-order valence-corrected chi connectivity index (χ3v) is 5.23. The van der Waals surface area contributed by atoms with Crippen molar-refractivity contribution in [3.8, 4) is 0 Å². The van der Waals surface area contributed by atoms with Crippen LogP contribution in [0.15, 0.2) is 29.1 Å². The molecule has 13 nitrogen and oxygen atoms in total. The Morgan fingerprint density at radius 2 is 1.94 bits per heavy atom. The van der Waals surface area contributed by atoms with Crippen molar-refractivity contribution in [1.29, 1.82) is 0 Å². The van der Waals surface area contributed by atoms with Gasteiger partial charge in [-0.3, -0.25) is 14.6 Å². The molecule has 6 N–H and O–H groups in total. The van der Waals surface area contributed by atoms with Crippen LogP contribution in [0.25, 0.3) is 0 Å². The van der Waals surface area contributed by atoms with E-state index >= 15 is 0 Å². The molecule has 0 fully saturated rings. The van der Waals surface area contributed by atoms with Crippen LogP contribution in [-0.2, 0) is 9.59 Å². The number of amides is 1. The Hall–Kier alpha value is -3.03. The molecule has 2 atom stereocenters. The number of H-pyrrole nitrogens is 1. The fourth-order valence-corrected chi connectivity index (χ4v) is 3.41. The van der Waals surface area contributed by atoms with Gasteiger partial charge in [-0.15, -0.1) is 0 Å². The maximum atomic E-state index is 12.3. The minimum absolute atomic E-state index is 0. The first-order valence-electron chi connectivity index (χ1n) is 10.1. The Labute approximate surface area is 224 Å². The number of nitrogen functional groups attached to an aromatic ring is 1. The average molecular weight is 498 g/mol. The summed E-state index contributed by atoms with van der Waals surface area (Å²) in [6.45, 7) is 0.984. The Morgan fingerprint density at radius 1 is 1.26 bits per heavy atom. The zero-order valence-corrected chi connectivity index (χ0v) is 20.6. The van der Waals surface area contributed by atoms with Crippen molar-refractivity contribution in [2.75, 3.05) is 41.4 Å². The second kappa shape index (κ2) is 11.9. The fraction of sp³-hybridized carbons (Fsp3) is 0.350. The number of benzene rings is 1. The van der Waals surface area contributed by atoms with Gasteiger partial charge in [0.05, 0.1) is 18.1 Å². The summed E-state index contributed by atoms with van der Waals surface area (Å²) in [6, 6.07) is 4.75. The molecule has 0 radical (unpaired) electrons. The average Bonchev–Trinajstić information content (AvgIpc) is 2.75. The Kier molecular flexibility index (Phi) is 9.53. The summed E-state index contributed by atoms with van der Waals surface area (Å²) < 4.78 is 0. The van der Waals surface area contributed by atoms with Crippen molar-refractivity contribution in [3.05, 3.63) is 40.2 Å². The van der Waals surface area contributed by atoms with E-state index in [1.807, 2.05) is 0 Å². The van der Waals surface area contributed by atoms with E-state index in [0.717, 1.165) is 0 Å². The summed E-state index contributed by atoms with van der Waals surface area (Å²) in [4.78, 5) is 54.5. The predicted molar refractivity (Wildman–Crippen MR) is 121 cm³/mol. The maximum absolute atomic E-state index is 12.3. The molecule has 1 aliphatic rings. The van der Waals surface area contributed by atoms with Gasteiger partial charge in [0.1, 0.15) is 5.69 Å². The van der Waals surface area contributed by atoms with E-state index in [0.29, 0.717) is 30.3 Å². The molecule has 0 saturated carbocycles. The summed E-state index contributed by atoms with van der Waals surface area (Å²) in [7, 11) is 1.78. The van der Waals surface area contributed by atoms with Gasteiger partial charge in [-0.05, 0) is 37.1 Å². The topological polar surface area (TPSA) is 208 Å². The van der Waals surface area contributed by atoms with Crippen LogP contribution in [-0.4, -0.2) is 97.8 Å². The summed E-state index contributed by atoms with van der Waals surface area (Å²) in [5, 5.41) is 30.2. The summed E-state index contributed by atoms with van der Waals surface area (Å²) >= 11 is 0. The molecule has 1 amide bonds. The van der Waals surface area contributed by atoms with Crippen LogP contribution in [0.1, 0.15) is 23.2 Å². The standard InChI is InChI=1S/C20H25N7O6.Ca/c1-27-12(9-23-16-15(27)18(31)26-20(21)25-16)8-22-11-4-2-10(3-5-11)17(30)24-13(19(32)33)6-7-14(28)29;/h2-5,12-13,22H,6-9H2,1H3,(H,24,30)(H,28,29)(H,32,33)(H4,21,23,25,26,31);/q;+2/p-2/t12-,13-;/m1./s1. The molecule has 0 bridgehead atoms. The number of carbonyl (C=O) groups excluding carboxylic acids is 3. The Bertz CT molecular complexity index is 1110. The number of aromatic nitrogens is 2. The van der Waals surface area contributed by atoms with Crippen LogP contribution in [0, 0.1) is 0 Å². The van der Waals surface area contributed by atoms with E-state index in [4.69, 9.17) is 5.73 Å². The molecule has 1 aromatic heterocycles. The summed E-state index contributed by atoms with van der Waals surface area (Å²) in [5.41, 5.74) is 6.51. The number of rotatable bonds is 9. The number of nitrogens with two attached hydrogens (primary N) is 1. The number of carbonyl (C=O) groups is 3. The Balaban J connectivity index is 0.00000408. The number of hydrogen-bond acceptors (Lipinski definition) is 11. The molecular formula is C20H23CaN7O6. The molecule has 3 rings (SSSR count). The smallest absolute Gasteiger partial charge is 0.550 e. The SMILES string of the molecule is CN1c2c(nc(N)[nH]c2=O)NC[C@H]1CNc1ccc(C(=O)N[C@H](CCC(=O)[O-])C(=O)[O-])cc1.[Ca+2]. The van der Waals surface area contributed by atoms with Crippen LogP contribution >= 0.6 is 0 Å². The zero-order chi connectivity index (χ0) is 24.1. The fourth-order valence-electron chi connectivity index (χ4n) is 3.41. The van der Waals surface area contributed by atoms with E-state index in [9.17, 15) is 29.4 Å². The van der Waals surface area contributed by atoms with E-state index in [1.165, 1.54) is 12.1 Å². The molecule has 176 valence electrons. The summed E-state index contributed by atoms with van der Waals surface area (Å²) in [6.07, 6.45) is -0.862. The van der Waals surface area contributed by atoms with Crippen molar-refractivity contribution in [2.45, 2.75) is 24.9 Å². The first kappa shape index (κ1) is 27.2. The molecule has 0 spiro atoms. The van der Waals surface area contributed by atoms with E-state index in [1.54, 1.807) is 24.1 Å². The van der Waals surface area contributed by atoms with Gasteiger partial charge >= 0.3 is 37.7 Å². The summed E-state index contributed by atoms with van der Waals surface area (Å²) in [5.74, 6) is -3.22. The number of fused-ring (bicyclic) bond motifs is 1. The van der Waals surface area contributed by atoms with Gasteiger partial charge in [-0.1, -0.05) is 0 Å². The third-order valence-electron chi connectivity index (χ3n) is 5.23. The van der Waals surface area contributed by atoms with Gasteiger partial charge < -0.3 is 46.4 Å². The molecule has 14 heteroatoms. The normalized spacial score (nSPS) is 15.2. The number of carboxylic acid groups (broad SMARTS) is 2. The number of anilines is 4. The van der Waals surface area contributed by atoms with E-state index < -0.39 is 30.3 Å². The van der Waals surface area contributed by atoms with Crippen molar-refractivity contribution in [1.82, 2.24) is 15.3 Å². The van der Waals surface area contributed by atoms with E-state index in [-0.39, 0.29) is 67.3 Å². The van der Waals surface area contributed by atoms with Gasteiger partial charge in [0.25, 0.3) is 11.5 Å². The number of nitrogens with zero attached hydrogens (tertiary/aromatic N) is 2. The second-order valence-corrected chi connectivity index (χ2v) is 7.51. The first-order valence-corrected chi connectivity index (χ1v) is 10.1. The van der Waals surface area contributed by atoms with Crippen molar-refractivity contribution in [3.63, 3.8) is 0 Å². The van der Waals surface area contributed by atoms with Gasteiger partial charge in [-0.25, -0.2) is 0 Å². The largest absolute Gasteiger partial charge is 2.00 e. The maximum Gasteiger partial charge on any atom is 2.00 e. The number of hydrogen-bond donors (Lipinski definition) is 5. The van der Waals surface area contributed by atoms with Gasteiger partial charge in [0.2, 0.25) is 5.95 Å². The van der Waals surface area contributed by atoms with Crippen LogP contribution in [0.3, 0.4) is 0 Å². The number of aliphatic carboxylic acids is 2. The minimum Gasteiger partial charge on any atom is -0.550 e. The zero-order valence-electron chi connectivity index (χ0n) is 18.4. The molecular weight excluding hydrogens is 474 g/mol. The van der Waals surface area contributed by atoms with Crippen LogP contribution < -0.4 is 42.4 Å². The molecule has 0 aliphatic carbocycles. The molecule has 2 aromatic rings. The van der Waals surface area contributed by atoms with Crippen LogP contribution in [0.5, 0.6) is 0 Å². The molecule has 34 heavy (non-hydrogen) atoms. The quantitative estimate of drug-likeness (QED) is 0.217. The molecule has 1 aromatic carbocycles. The number of likely N-dealkylation sites (N-methyl/N-ethyl adjacent to an activating group) is 1. The third kappa shape index (κ3) is 6.74. The van der Waals surface area contributed by atoms with E-state index in [2.05, 4.69) is 25.9 Å². The van der Waals surface area contributed by atoms with Crippen LogP contribution in [0.4, 0.5) is 23.1 Å². The number of aromatic amines is 1. The molecule has 2 heterocycles. The van der Waals surface area contributed by atoms with Gasteiger partial charge in [0.15, 0.2) is 5.82 Å². The predicted octanol–water partition coefficient (Wildman–Crippen LogP) is -3.31. The Morgan fingerprint density at radius 3 is 2.56 bits per heavy atom. The van der Waals surface area contributed by atoms with Crippen molar-refractivity contribution < 1.29 is 24.6 Å². The monoisotopic (exact) mass is 497 g/mol. The van der Waals surface area contributed by atoms with Crippen LogP contribution in [0.2, 0.25) is 0 Å². The number of carboxylic acids is 2. The van der Waals surface area contributed by atoms with Gasteiger partial charge in [0, 0.05) is 37.4 Å². The molecule has 1 aliphatic heterocycles. The van der Waals surface area contributed by atoms with Crippen molar-refractivity contribution in [2.24, 2.45) is 0 Å². The first-order chi connectivity index (χ1) is 15.7. The molecule has 0 saturated heterocycles. The van der Waals surface area contributed by atoms with Gasteiger partial charge in [-0.2, -0.15) is 4.98 Å². The van der Waals surface area contributed by atoms with Crippen molar-refractivity contribution >= 4 is 78.7 Å².